The third-order valence-corrected chi connectivity index (χ3v) is 4.45. The van der Waals surface area contributed by atoms with Crippen molar-refractivity contribution in [2.75, 3.05) is 26.4 Å². The van der Waals surface area contributed by atoms with Crippen LogP contribution in [0, 0.1) is 0 Å². The van der Waals surface area contributed by atoms with Crippen molar-refractivity contribution in [3.05, 3.63) is 0 Å². The fourth-order valence-corrected chi connectivity index (χ4v) is 3.12. The number of hydrogen-bond donors (Lipinski definition) is 3. The van der Waals surface area contributed by atoms with E-state index in [9.17, 15) is 14.6 Å². The molecule has 0 aliphatic carbocycles. The molecule has 0 aliphatic rings. The third kappa shape index (κ3) is 12.1. The second-order valence-electron chi connectivity index (χ2n) is 5.53. The van der Waals surface area contributed by atoms with E-state index in [0.29, 0.717) is 13.0 Å². The largest absolute Gasteiger partial charge is 0.472 e. The number of nitrogens with two attached hydrogens (primary N) is 1. The molecule has 23 heavy (non-hydrogen) atoms. The second-order valence-corrected chi connectivity index (χ2v) is 6.94. The Labute approximate surface area is 140 Å². The highest BCUT2D eigenvalue weighted by atomic mass is 31.2. The quantitative estimate of drug-likeness (QED) is 0.288. The predicted octanol–water partition coefficient (Wildman–Crippen LogP) is 2.60. The molecule has 7 nitrogen and oxygen atoms in total. The van der Waals surface area contributed by atoms with E-state index in [1.807, 2.05) is 0 Å². The molecule has 0 aliphatic heterocycles. The predicted molar refractivity (Wildman–Crippen MR) is 90.2 cm³/mol. The zero-order valence-corrected chi connectivity index (χ0v) is 15.4. The van der Waals surface area contributed by atoms with Gasteiger partial charge in [0.1, 0.15) is 6.10 Å². The molecule has 0 saturated heterocycles. The highest BCUT2D eigenvalue weighted by molar-refractivity contribution is 7.47. The number of phosphoric ester groups is 1. The van der Waals surface area contributed by atoms with Crippen molar-refractivity contribution in [2.24, 2.45) is 5.73 Å². The Bertz CT molecular complexity index is 318. The normalized spacial score (nSPS) is 16.9. The monoisotopic (exact) mass is 355 g/mol. The second kappa shape index (κ2) is 14.3. The molecule has 0 rings (SSSR count). The first kappa shape index (κ1) is 23.0. The molecule has 0 aromatic rings. The standard InChI is InChI=1S/C15H34NO6P/c1-3-5-7-9-14(22-23(18,19)21-12-10-16)15(13-17)20-11-8-6-4-2/h14-15,17H,3-13,16H2,1-2H3,(H,18,19)/t14?,15-/m0/s1. The zero-order valence-electron chi connectivity index (χ0n) is 14.5. The number of unbranched alkanes of at least 4 members (excludes halogenated alkanes) is 4. The topological polar surface area (TPSA) is 111 Å². The Morgan fingerprint density at radius 1 is 1.04 bits per heavy atom. The number of ether oxygens (including phenoxy) is 1. The molecule has 2 unspecified atom stereocenters. The first-order chi connectivity index (χ1) is 11.0. The van der Waals surface area contributed by atoms with E-state index in [-0.39, 0.29) is 19.8 Å². The minimum Gasteiger partial charge on any atom is -0.394 e. The number of phosphoric acid groups is 1. The summed E-state index contributed by atoms with van der Waals surface area (Å²) in [7, 11) is -4.20. The first-order valence-corrected chi connectivity index (χ1v) is 10.1. The van der Waals surface area contributed by atoms with Gasteiger partial charge >= 0.3 is 7.82 Å². The Morgan fingerprint density at radius 3 is 2.26 bits per heavy atom. The van der Waals surface area contributed by atoms with Crippen LogP contribution in [-0.2, 0) is 18.3 Å². The molecular formula is C15H34NO6P. The average Bonchev–Trinajstić information content (AvgIpc) is 2.52. The first-order valence-electron chi connectivity index (χ1n) is 8.58. The Balaban J connectivity index is 4.62. The van der Waals surface area contributed by atoms with E-state index in [1.165, 1.54) is 0 Å². The van der Waals surface area contributed by atoms with Crippen molar-refractivity contribution in [2.45, 2.75) is 71.0 Å². The van der Waals surface area contributed by atoms with Gasteiger partial charge < -0.3 is 20.5 Å². The lowest BCUT2D eigenvalue weighted by atomic mass is 10.1. The molecule has 0 bridgehead atoms. The summed E-state index contributed by atoms with van der Waals surface area (Å²) in [6, 6.07) is 0. The zero-order chi connectivity index (χ0) is 17.6. The number of aliphatic hydroxyl groups excluding tert-OH is 1. The Morgan fingerprint density at radius 2 is 1.70 bits per heavy atom. The van der Waals surface area contributed by atoms with E-state index in [2.05, 4.69) is 13.8 Å². The third-order valence-electron chi connectivity index (χ3n) is 3.41. The van der Waals surface area contributed by atoms with Crippen LogP contribution in [0.5, 0.6) is 0 Å². The van der Waals surface area contributed by atoms with E-state index >= 15 is 0 Å². The molecule has 0 heterocycles. The van der Waals surface area contributed by atoms with Gasteiger partial charge in [-0.05, 0) is 12.8 Å². The maximum absolute atomic E-state index is 11.9. The highest BCUT2D eigenvalue weighted by Crippen LogP contribution is 2.45. The number of hydrogen-bond acceptors (Lipinski definition) is 6. The number of rotatable bonds is 16. The Hall–Kier alpha value is -0.0100. The summed E-state index contributed by atoms with van der Waals surface area (Å²) in [4.78, 5) is 9.74. The fourth-order valence-electron chi connectivity index (χ4n) is 2.14. The van der Waals surface area contributed by atoms with E-state index in [4.69, 9.17) is 19.5 Å². The molecule has 0 amide bonds. The Kier molecular flexibility index (Phi) is 14.3. The summed E-state index contributed by atoms with van der Waals surface area (Å²) in [5.41, 5.74) is 5.27. The lowest BCUT2D eigenvalue weighted by Crippen LogP contribution is -2.35. The van der Waals surface area contributed by atoms with Gasteiger partial charge in [-0.1, -0.05) is 46.0 Å². The number of aliphatic hydroxyl groups is 1. The van der Waals surface area contributed by atoms with Gasteiger partial charge in [0, 0.05) is 13.2 Å². The van der Waals surface area contributed by atoms with Crippen LogP contribution >= 0.6 is 7.82 Å². The smallest absolute Gasteiger partial charge is 0.394 e. The van der Waals surface area contributed by atoms with Crippen LogP contribution in [0.15, 0.2) is 0 Å². The minimum atomic E-state index is -4.20. The molecule has 0 spiro atoms. The van der Waals surface area contributed by atoms with Gasteiger partial charge in [0.2, 0.25) is 0 Å². The maximum Gasteiger partial charge on any atom is 0.472 e. The van der Waals surface area contributed by atoms with E-state index in [1.54, 1.807) is 0 Å². The molecule has 0 aromatic heterocycles. The van der Waals surface area contributed by atoms with Crippen LogP contribution in [0.25, 0.3) is 0 Å². The molecule has 8 heteroatoms. The van der Waals surface area contributed by atoms with Crippen molar-refractivity contribution in [1.82, 2.24) is 0 Å². The summed E-state index contributed by atoms with van der Waals surface area (Å²) in [6.45, 7) is 4.47. The van der Waals surface area contributed by atoms with Gasteiger partial charge in [0.15, 0.2) is 0 Å². The van der Waals surface area contributed by atoms with Crippen LogP contribution in [0.1, 0.15) is 58.8 Å². The molecule has 0 radical (unpaired) electrons. The SMILES string of the molecule is CCCCCO[C@@H](CO)C(CCCCC)OP(=O)(O)OCCN. The summed E-state index contributed by atoms with van der Waals surface area (Å²) >= 11 is 0. The van der Waals surface area contributed by atoms with E-state index < -0.39 is 20.0 Å². The van der Waals surface area contributed by atoms with Crippen LogP contribution < -0.4 is 5.73 Å². The lowest BCUT2D eigenvalue weighted by molar-refractivity contribution is -0.0666. The van der Waals surface area contributed by atoms with Crippen molar-refractivity contribution < 1.29 is 28.3 Å². The summed E-state index contributed by atoms with van der Waals surface area (Å²) in [5, 5.41) is 9.55. The van der Waals surface area contributed by atoms with Crippen molar-refractivity contribution in [3.63, 3.8) is 0 Å². The molecule has 140 valence electrons. The molecule has 0 fully saturated rings. The summed E-state index contributed by atoms with van der Waals surface area (Å²) in [5.74, 6) is 0. The van der Waals surface area contributed by atoms with Gasteiger partial charge in [-0.15, -0.1) is 0 Å². The molecule has 4 N–H and O–H groups in total. The molecule has 0 aromatic carbocycles. The van der Waals surface area contributed by atoms with Crippen LogP contribution in [0.2, 0.25) is 0 Å². The van der Waals surface area contributed by atoms with Gasteiger partial charge in [-0.25, -0.2) is 4.57 Å². The van der Waals surface area contributed by atoms with Gasteiger partial charge in [-0.2, -0.15) is 0 Å². The van der Waals surface area contributed by atoms with Crippen LogP contribution in [0.3, 0.4) is 0 Å². The average molecular weight is 355 g/mol. The maximum atomic E-state index is 11.9. The lowest BCUT2D eigenvalue weighted by Gasteiger charge is -2.27. The fraction of sp³-hybridized carbons (Fsp3) is 1.00. The van der Waals surface area contributed by atoms with E-state index in [0.717, 1.165) is 38.5 Å². The van der Waals surface area contributed by atoms with Gasteiger partial charge in [-0.3, -0.25) is 9.05 Å². The van der Waals surface area contributed by atoms with Crippen LogP contribution in [-0.4, -0.2) is 48.6 Å². The molecule has 3 atom stereocenters. The van der Waals surface area contributed by atoms with Crippen molar-refractivity contribution in [1.29, 1.82) is 0 Å². The molecule has 0 saturated carbocycles. The van der Waals surface area contributed by atoms with Crippen molar-refractivity contribution >= 4 is 7.82 Å². The van der Waals surface area contributed by atoms with Crippen LogP contribution in [0.4, 0.5) is 0 Å². The summed E-state index contributed by atoms with van der Waals surface area (Å²) < 4.78 is 27.6. The molecular weight excluding hydrogens is 321 g/mol. The van der Waals surface area contributed by atoms with Crippen molar-refractivity contribution in [3.8, 4) is 0 Å². The highest BCUT2D eigenvalue weighted by Gasteiger charge is 2.31. The summed E-state index contributed by atoms with van der Waals surface area (Å²) in [6.07, 6.45) is 5.04. The van der Waals surface area contributed by atoms with Gasteiger partial charge in [0.25, 0.3) is 0 Å². The minimum absolute atomic E-state index is 0.0589. The van der Waals surface area contributed by atoms with Gasteiger partial charge in [0.05, 0.1) is 19.3 Å².